The zero-order valence-corrected chi connectivity index (χ0v) is 18.0. The second-order valence-electron chi connectivity index (χ2n) is 7.64. The Morgan fingerprint density at radius 3 is 2.55 bits per heavy atom. The Hall–Kier alpha value is -2.03. The third kappa shape index (κ3) is 3.85. The summed E-state index contributed by atoms with van der Waals surface area (Å²) in [5.41, 5.74) is -0.359. The maximum absolute atomic E-state index is 14.0. The van der Waals surface area contributed by atoms with Gasteiger partial charge in [0.25, 0.3) is 0 Å². The predicted octanol–water partition coefficient (Wildman–Crippen LogP) is 4.94. The van der Waals surface area contributed by atoms with Crippen LogP contribution in [0.5, 0.6) is 0 Å². The fourth-order valence-electron chi connectivity index (χ4n) is 4.16. The van der Waals surface area contributed by atoms with Crippen LogP contribution in [0.4, 0.5) is 8.78 Å². The molecule has 5 nitrogen and oxygen atoms in total. The smallest absolute Gasteiger partial charge is 0.175 e. The maximum Gasteiger partial charge on any atom is 0.175 e. The molecule has 1 fully saturated rings. The fourth-order valence-corrected chi connectivity index (χ4v) is 4.73. The number of nitrogens with zero attached hydrogens (tertiary/aromatic N) is 1. The summed E-state index contributed by atoms with van der Waals surface area (Å²) in [6.07, 6.45) is -0.809. The molecule has 3 aromatic rings. The normalized spacial score (nSPS) is 22.5. The summed E-state index contributed by atoms with van der Waals surface area (Å²) in [6.45, 7) is 2.27. The van der Waals surface area contributed by atoms with Gasteiger partial charge in [0.15, 0.2) is 17.4 Å². The minimum atomic E-state index is -1.57. The first kappa shape index (κ1) is 22.2. The lowest BCUT2D eigenvalue weighted by Crippen LogP contribution is -2.47. The van der Waals surface area contributed by atoms with E-state index in [1.165, 1.54) is 13.0 Å². The van der Waals surface area contributed by atoms with E-state index in [2.05, 4.69) is 10.5 Å². The number of benzene rings is 2. The van der Waals surface area contributed by atoms with E-state index in [4.69, 9.17) is 27.7 Å². The molecule has 2 heterocycles. The van der Waals surface area contributed by atoms with E-state index in [9.17, 15) is 19.0 Å². The average Bonchev–Trinajstić information content (AvgIpc) is 3.15. The standard InChI is InChI=1S/C22H20Cl2F2N2O3/c1-11(29)18-20(28-31-21(18)19-14(23)3-2-4-15(19)24)13-10-27-8-7-22(13,30)12-5-6-16(25)17(26)9-12/h2-6,9,11,13,27,29-30H,7-8,10H2,1H3. The van der Waals surface area contributed by atoms with Crippen molar-refractivity contribution in [1.29, 1.82) is 0 Å². The maximum atomic E-state index is 14.0. The van der Waals surface area contributed by atoms with Crippen LogP contribution in [0.1, 0.15) is 42.2 Å². The molecule has 0 spiro atoms. The number of rotatable bonds is 4. The highest BCUT2D eigenvalue weighted by Crippen LogP contribution is 2.47. The molecule has 4 rings (SSSR count). The van der Waals surface area contributed by atoms with Gasteiger partial charge in [0.1, 0.15) is 5.60 Å². The zero-order valence-electron chi connectivity index (χ0n) is 16.5. The molecule has 0 saturated carbocycles. The molecule has 1 aromatic heterocycles. The van der Waals surface area contributed by atoms with E-state index in [1.807, 2.05) is 0 Å². The fraction of sp³-hybridized carbons (Fsp3) is 0.318. The Labute approximate surface area is 187 Å². The van der Waals surface area contributed by atoms with Gasteiger partial charge in [0, 0.05) is 6.54 Å². The molecular weight excluding hydrogens is 449 g/mol. The summed E-state index contributed by atoms with van der Waals surface area (Å²) in [6, 6.07) is 8.27. The molecule has 1 aliphatic heterocycles. The highest BCUT2D eigenvalue weighted by molar-refractivity contribution is 6.39. The number of halogens is 4. The summed E-state index contributed by atoms with van der Waals surface area (Å²) in [5.74, 6) is -2.57. The molecule has 0 aliphatic carbocycles. The number of aromatic nitrogens is 1. The lowest BCUT2D eigenvalue weighted by Gasteiger charge is -2.40. The summed E-state index contributed by atoms with van der Waals surface area (Å²) in [5, 5.41) is 30.2. The number of nitrogens with one attached hydrogen (secondary N) is 1. The van der Waals surface area contributed by atoms with E-state index in [1.54, 1.807) is 18.2 Å². The first-order valence-electron chi connectivity index (χ1n) is 9.74. The molecule has 0 bridgehead atoms. The van der Waals surface area contributed by atoms with Crippen LogP contribution in [0, 0.1) is 11.6 Å². The number of hydrogen-bond donors (Lipinski definition) is 3. The van der Waals surface area contributed by atoms with Crippen LogP contribution in [-0.4, -0.2) is 28.5 Å². The van der Waals surface area contributed by atoms with E-state index in [-0.39, 0.29) is 24.3 Å². The van der Waals surface area contributed by atoms with Gasteiger partial charge in [-0.3, -0.25) is 0 Å². The Kier molecular flexibility index (Phi) is 6.07. The van der Waals surface area contributed by atoms with Gasteiger partial charge in [0.05, 0.1) is 38.9 Å². The molecule has 3 N–H and O–H groups in total. The zero-order chi connectivity index (χ0) is 22.3. The Morgan fingerprint density at radius 1 is 1.19 bits per heavy atom. The van der Waals surface area contributed by atoms with Gasteiger partial charge in [-0.15, -0.1) is 0 Å². The second kappa shape index (κ2) is 8.48. The van der Waals surface area contributed by atoms with Crippen LogP contribution >= 0.6 is 23.2 Å². The van der Waals surface area contributed by atoms with Crippen molar-refractivity contribution in [3.8, 4) is 11.3 Å². The molecule has 1 saturated heterocycles. The molecule has 0 radical (unpaired) electrons. The van der Waals surface area contributed by atoms with E-state index in [0.29, 0.717) is 33.4 Å². The summed E-state index contributed by atoms with van der Waals surface area (Å²) >= 11 is 12.7. The van der Waals surface area contributed by atoms with Crippen molar-refractivity contribution < 1.29 is 23.5 Å². The third-order valence-electron chi connectivity index (χ3n) is 5.72. The van der Waals surface area contributed by atoms with Crippen molar-refractivity contribution in [2.75, 3.05) is 13.1 Å². The van der Waals surface area contributed by atoms with E-state index >= 15 is 0 Å². The molecule has 9 heteroatoms. The Balaban J connectivity index is 1.88. The van der Waals surface area contributed by atoms with Gasteiger partial charge in [-0.2, -0.15) is 0 Å². The van der Waals surface area contributed by atoms with Crippen molar-refractivity contribution in [3.63, 3.8) is 0 Å². The molecule has 2 aromatic carbocycles. The summed E-state index contributed by atoms with van der Waals surface area (Å²) in [4.78, 5) is 0. The third-order valence-corrected chi connectivity index (χ3v) is 6.35. The van der Waals surface area contributed by atoms with Crippen LogP contribution in [0.25, 0.3) is 11.3 Å². The van der Waals surface area contributed by atoms with Gasteiger partial charge >= 0.3 is 0 Å². The molecule has 1 aliphatic rings. The molecule has 0 amide bonds. The van der Waals surface area contributed by atoms with Gasteiger partial charge in [0.2, 0.25) is 0 Å². The van der Waals surface area contributed by atoms with Crippen molar-refractivity contribution in [2.24, 2.45) is 0 Å². The largest absolute Gasteiger partial charge is 0.388 e. The Morgan fingerprint density at radius 2 is 1.90 bits per heavy atom. The average molecular weight is 469 g/mol. The van der Waals surface area contributed by atoms with Crippen LogP contribution in [-0.2, 0) is 5.60 Å². The summed E-state index contributed by atoms with van der Waals surface area (Å²) in [7, 11) is 0. The highest BCUT2D eigenvalue weighted by Gasteiger charge is 2.45. The van der Waals surface area contributed by atoms with Crippen molar-refractivity contribution >= 4 is 23.2 Å². The molecule has 31 heavy (non-hydrogen) atoms. The van der Waals surface area contributed by atoms with E-state index in [0.717, 1.165) is 12.1 Å². The second-order valence-corrected chi connectivity index (χ2v) is 8.46. The van der Waals surface area contributed by atoms with Gasteiger partial charge in [-0.05, 0) is 49.7 Å². The predicted molar refractivity (Wildman–Crippen MR) is 113 cm³/mol. The molecule has 3 unspecified atom stereocenters. The van der Waals surface area contributed by atoms with Crippen molar-refractivity contribution in [2.45, 2.75) is 31.0 Å². The topological polar surface area (TPSA) is 78.5 Å². The van der Waals surface area contributed by atoms with Gasteiger partial charge < -0.3 is 20.1 Å². The lowest BCUT2D eigenvalue weighted by molar-refractivity contribution is -0.0184. The first-order valence-corrected chi connectivity index (χ1v) is 10.5. The van der Waals surface area contributed by atoms with Crippen LogP contribution < -0.4 is 5.32 Å². The summed E-state index contributed by atoms with van der Waals surface area (Å²) < 4.78 is 33.0. The van der Waals surface area contributed by atoms with Gasteiger partial charge in [-0.1, -0.05) is 40.5 Å². The molecular formula is C22H20Cl2F2N2O3. The first-order chi connectivity index (χ1) is 14.7. The van der Waals surface area contributed by atoms with Crippen LogP contribution in [0.15, 0.2) is 40.9 Å². The van der Waals surface area contributed by atoms with Crippen LogP contribution in [0.2, 0.25) is 10.0 Å². The van der Waals surface area contributed by atoms with Crippen molar-refractivity contribution in [3.05, 3.63) is 74.9 Å². The number of aliphatic hydroxyl groups excluding tert-OH is 1. The molecule has 164 valence electrons. The number of hydrogen-bond acceptors (Lipinski definition) is 5. The monoisotopic (exact) mass is 468 g/mol. The number of piperidine rings is 1. The molecule has 3 atom stereocenters. The van der Waals surface area contributed by atoms with Gasteiger partial charge in [-0.25, -0.2) is 8.78 Å². The minimum Gasteiger partial charge on any atom is -0.388 e. The quantitative estimate of drug-likeness (QED) is 0.505. The lowest BCUT2D eigenvalue weighted by atomic mass is 9.73. The van der Waals surface area contributed by atoms with Crippen molar-refractivity contribution in [1.82, 2.24) is 10.5 Å². The van der Waals surface area contributed by atoms with E-state index < -0.39 is 29.3 Å². The SMILES string of the molecule is CC(O)c1c(C2CNCCC2(O)c2ccc(F)c(F)c2)noc1-c1c(Cl)cccc1Cl. The van der Waals surface area contributed by atoms with Crippen LogP contribution in [0.3, 0.4) is 0 Å². The number of aliphatic hydroxyl groups is 2. The minimum absolute atomic E-state index is 0.193. The Bertz CT molecular complexity index is 1100. The highest BCUT2D eigenvalue weighted by atomic mass is 35.5.